The van der Waals surface area contributed by atoms with Crippen molar-refractivity contribution in [2.24, 2.45) is 0 Å². The normalized spacial score (nSPS) is 10.6. The third-order valence-electron chi connectivity index (χ3n) is 4.14. The zero-order valence-electron chi connectivity index (χ0n) is 14.9. The second kappa shape index (κ2) is 8.04. The highest BCUT2D eigenvalue weighted by molar-refractivity contribution is 7.21. The molecular weight excluding hydrogens is 417 g/mol. The molecule has 0 unspecified atom stereocenters. The van der Waals surface area contributed by atoms with Crippen LogP contribution in [0.1, 0.15) is 9.67 Å². The van der Waals surface area contributed by atoms with E-state index in [9.17, 15) is 19.1 Å². The standard InChI is InChI=1S/C20H12ClFN2O3S.H3N/c21-14-10-11(6-8-15(14)22)23-17-13-7-9-16(25)24(12-4-2-1-3-5-12)19(13)28-18(17)20(26)27;/h1-10,23H,(H,26,27);1H3. The molecule has 148 valence electrons. The van der Waals surface area contributed by atoms with Crippen LogP contribution in [-0.2, 0) is 0 Å². The molecule has 0 aliphatic rings. The van der Waals surface area contributed by atoms with E-state index in [1.54, 1.807) is 30.3 Å². The molecule has 0 amide bonds. The van der Waals surface area contributed by atoms with Gasteiger partial charge in [-0.05, 0) is 36.4 Å². The first kappa shape index (κ1) is 20.5. The molecule has 0 saturated heterocycles. The fourth-order valence-electron chi connectivity index (χ4n) is 2.90. The van der Waals surface area contributed by atoms with Gasteiger partial charge in [0.25, 0.3) is 5.56 Å². The number of pyridine rings is 1. The van der Waals surface area contributed by atoms with Crippen molar-refractivity contribution in [1.29, 1.82) is 0 Å². The smallest absolute Gasteiger partial charge is 0.348 e. The van der Waals surface area contributed by atoms with Crippen molar-refractivity contribution in [3.8, 4) is 5.69 Å². The Balaban J connectivity index is 0.00000240. The van der Waals surface area contributed by atoms with E-state index in [1.165, 1.54) is 28.8 Å². The number of carboxylic acid groups (broad SMARTS) is 1. The number of carboxylic acids is 1. The van der Waals surface area contributed by atoms with Crippen LogP contribution in [0.25, 0.3) is 15.9 Å². The SMILES string of the molecule is N.O=C(O)c1sc2c(ccc(=O)n2-c2ccccc2)c1Nc1ccc(F)c(Cl)c1. The molecule has 0 aliphatic carbocycles. The molecule has 0 spiro atoms. The monoisotopic (exact) mass is 431 g/mol. The van der Waals surface area contributed by atoms with Crippen molar-refractivity contribution in [3.05, 3.63) is 86.7 Å². The van der Waals surface area contributed by atoms with Gasteiger partial charge in [0.2, 0.25) is 0 Å². The van der Waals surface area contributed by atoms with Gasteiger partial charge in [-0.15, -0.1) is 11.3 Å². The number of aromatic carboxylic acids is 1. The molecule has 0 atom stereocenters. The van der Waals surface area contributed by atoms with Crippen molar-refractivity contribution in [1.82, 2.24) is 10.7 Å². The quantitative estimate of drug-likeness (QED) is 0.398. The largest absolute Gasteiger partial charge is 0.477 e. The minimum Gasteiger partial charge on any atom is -0.477 e. The summed E-state index contributed by atoms with van der Waals surface area (Å²) in [6, 6.07) is 16.0. The number of hydrogen-bond acceptors (Lipinski definition) is 5. The summed E-state index contributed by atoms with van der Waals surface area (Å²) in [5, 5.41) is 13.2. The number of carbonyl (C=O) groups is 1. The molecule has 9 heteroatoms. The molecular formula is C20H15ClFN3O3S. The number of fused-ring (bicyclic) bond motifs is 1. The maximum Gasteiger partial charge on any atom is 0.348 e. The summed E-state index contributed by atoms with van der Waals surface area (Å²) in [6.45, 7) is 0. The Hall–Kier alpha value is -3.20. The van der Waals surface area contributed by atoms with Crippen LogP contribution in [0.5, 0.6) is 0 Å². The van der Waals surface area contributed by atoms with Crippen LogP contribution in [0.2, 0.25) is 5.02 Å². The van der Waals surface area contributed by atoms with Gasteiger partial charge in [-0.3, -0.25) is 9.36 Å². The fourth-order valence-corrected chi connectivity index (χ4v) is 4.19. The van der Waals surface area contributed by atoms with Crippen LogP contribution in [0.4, 0.5) is 15.8 Å². The Morgan fingerprint density at radius 2 is 1.83 bits per heavy atom. The Morgan fingerprint density at radius 1 is 1.10 bits per heavy atom. The summed E-state index contributed by atoms with van der Waals surface area (Å²) in [4.78, 5) is 24.9. The zero-order valence-corrected chi connectivity index (χ0v) is 16.4. The number of hydrogen-bond donors (Lipinski definition) is 3. The first-order chi connectivity index (χ1) is 13.5. The average Bonchev–Trinajstić information content (AvgIpc) is 3.04. The lowest BCUT2D eigenvalue weighted by molar-refractivity contribution is 0.0703. The van der Waals surface area contributed by atoms with Gasteiger partial charge in [0.15, 0.2) is 0 Å². The van der Waals surface area contributed by atoms with Crippen molar-refractivity contribution in [3.63, 3.8) is 0 Å². The fraction of sp³-hybridized carbons (Fsp3) is 0. The molecule has 29 heavy (non-hydrogen) atoms. The van der Waals surface area contributed by atoms with Crippen molar-refractivity contribution in [2.75, 3.05) is 5.32 Å². The number of nitrogens with zero attached hydrogens (tertiary/aromatic N) is 1. The van der Waals surface area contributed by atoms with Gasteiger partial charge in [-0.1, -0.05) is 29.8 Å². The van der Waals surface area contributed by atoms with Gasteiger partial charge in [-0.2, -0.15) is 0 Å². The first-order valence-corrected chi connectivity index (χ1v) is 9.34. The number of rotatable bonds is 4. The topological polar surface area (TPSA) is 106 Å². The van der Waals surface area contributed by atoms with Gasteiger partial charge in [0.05, 0.1) is 16.4 Å². The maximum atomic E-state index is 13.4. The highest BCUT2D eigenvalue weighted by atomic mass is 35.5. The molecule has 0 bridgehead atoms. The van der Waals surface area contributed by atoms with Crippen LogP contribution in [0.3, 0.4) is 0 Å². The van der Waals surface area contributed by atoms with Gasteiger partial charge in [0, 0.05) is 17.1 Å². The Bertz CT molecular complexity index is 1270. The van der Waals surface area contributed by atoms with E-state index >= 15 is 0 Å². The van der Waals surface area contributed by atoms with E-state index in [4.69, 9.17) is 11.6 Å². The van der Waals surface area contributed by atoms with Crippen LogP contribution in [0, 0.1) is 5.82 Å². The molecule has 0 aliphatic heterocycles. The molecule has 4 rings (SSSR count). The molecule has 4 aromatic rings. The lowest BCUT2D eigenvalue weighted by atomic mass is 10.2. The van der Waals surface area contributed by atoms with E-state index in [2.05, 4.69) is 5.32 Å². The van der Waals surface area contributed by atoms with E-state index in [0.717, 1.165) is 11.3 Å². The first-order valence-electron chi connectivity index (χ1n) is 8.15. The number of halogens is 2. The van der Waals surface area contributed by atoms with E-state index in [-0.39, 0.29) is 21.6 Å². The third kappa shape index (κ3) is 3.73. The van der Waals surface area contributed by atoms with Crippen molar-refractivity contribution < 1.29 is 14.3 Å². The molecule has 2 heterocycles. The summed E-state index contributed by atoms with van der Waals surface area (Å²) in [6.07, 6.45) is 0. The van der Waals surface area contributed by atoms with Crippen molar-refractivity contribution in [2.45, 2.75) is 0 Å². The average molecular weight is 432 g/mol. The summed E-state index contributed by atoms with van der Waals surface area (Å²) in [5.41, 5.74) is 1.12. The minimum absolute atomic E-state index is 0. The van der Waals surface area contributed by atoms with Crippen LogP contribution in [-0.4, -0.2) is 15.6 Å². The lowest BCUT2D eigenvalue weighted by Crippen LogP contribution is -2.16. The highest BCUT2D eigenvalue weighted by Crippen LogP contribution is 2.38. The Kier molecular flexibility index (Phi) is 5.69. The van der Waals surface area contributed by atoms with Crippen LogP contribution < -0.4 is 17.0 Å². The number of nitrogens with one attached hydrogen (secondary N) is 1. The molecule has 2 aromatic heterocycles. The molecule has 6 nitrogen and oxygen atoms in total. The van der Waals surface area contributed by atoms with Gasteiger partial charge >= 0.3 is 5.97 Å². The van der Waals surface area contributed by atoms with Crippen LogP contribution >= 0.6 is 22.9 Å². The Labute approximate surface area is 173 Å². The Morgan fingerprint density at radius 3 is 2.48 bits per heavy atom. The maximum absolute atomic E-state index is 13.4. The zero-order chi connectivity index (χ0) is 19.8. The predicted molar refractivity (Wildman–Crippen MR) is 114 cm³/mol. The lowest BCUT2D eigenvalue weighted by Gasteiger charge is -2.09. The third-order valence-corrected chi connectivity index (χ3v) is 5.61. The molecule has 0 fully saturated rings. The molecule has 0 saturated carbocycles. The van der Waals surface area contributed by atoms with E-state index in [0.29, 0.717) is 27.3 Å². The second-order valence-corrected chi connectivity index (χ2v) is 7.33. The number of thiophene rings is 1. The summed E-state index contributed by atoms with van der Waals surface area (Å²) >= 11 is 6.81. The molecule has 2 aromatic carbocycles. The highest BCUT2D eigenvalue weighted by Gasteiger charge is 2.21. The number of anilines is 2. The second-order valence-electron chi connectivity index (χ2n) is 5.93. The van der Waals surface area contributed by atoms with Gasteiger partial charge in [-0.25, -0.2) is 9.18 Å². The minimum atomic E-state index is -1.14. The van der Waals surface area contributed by atoms with E-state index < -0.39 is 11.8 Å². The van der Waals surface area contributed by atoms with E-state index in [1.807, 2.05) is 6.07 Å². The summed E-state index contributed by atoms with van der Waals surface area (Å²) < 4.78 is 14.9. The van der Waals surface area contributed by atoms with Crippen molar-refractivity contribution >= 4 is 50.5 Å². The molecule has 0 radical (unpaired) electrons. The number of aromatic nitrogens is 1. The summed E-state index contributed by atoms with van der Waals surface area (Å²) in [7, 11) is 0. The summed E-state index contributed by atoms with van der Waals surface area (Å²) in [5.74, 6) is -1.71. The van der Waals surface area contributed by atoms with Gasteiger partial charge < -0.3 is 16.6 Å². The predicted octanol–water partition coefficient (Wildman–Crippen LogP) is 5.45. The van der Waals surface area contributed by atoms with Gasteiger partial charge in [0.1, 0.15) is 15.5 Å². The number of para-hydroxylation sites is 1. The van der Waals surface area contributed by atoms with Crippen LogP contribution in [0.15, 0.2) is 65.5 Å². The molecule has 5 N–H and O–H groups in total. The number of benzene rings is 2.